The Labute approximate surface area is 156 Å². The van der Waals surface area contributed by atoms with E-state index in [1.807, 2.05) is 0 Å². The Morgan fingerprint density at radius 1 is 1.24 bits per heavy atom. The van der Waals surface area contributed by atoms with Gasteiger partial charge < -0.3 is 9.16 Å². The van der Waals surface area contributed by atoms with Crippen molar-refractivity contribution < 1.29 is 14.0 Å². The van der Waals surface area contributed by atoms with Crippen LogP contribution in [0.2, 0.25) is 16.6 Å². The SMILES string of the molecule is C=CC[C@]1(C(=O)OC)CC[C@@H](CO[Si](C(C)C)(C(C)C)C(C)C)C1=C. The van der Waals surface area contributed by atoms with Gasteiger partial charge in [-0.2, -0.15) is 0 Å². The van der Waals surface area contributed by atoms with Crippen molar-refractivity contribution in [2.75, 3.05) is 13.7 Å². The van der Waals surface area contributed by atoms with E-state index in [-0.39, 0.29) is 11.9 Å². The van der Waals surface area contributed by atoms with Crippen molar-refractivity contribution in [2.24, 2.45) is 11.3 Å². The number of ether oxygens (including phenoxy) is 1. The Morgan fingerprint density at radius 3 is 2.16 bits per heavy atom. The second-order valence-corrected chi connectivity index (χ2v) is 13.9. The molecule has 144 valence electrons. The maximum atomic E-state index is 12.4. The van der Waals surface area contributed by atoms with Crippen molar-refractivity contribution in [3.05, 3.63) is 24.8 Å². The topological polar surface area (TPSA) is 35.5 Å². The van der Waals surface area contributed by atoms with Crippen LogP contribution in [0, 0.1) is 11.3 Å². The molecule has 0 spiro atoms. The minimum absolute atomic E-state index is 0.181. The predicted octanol–water partition coefficient (Wildman–Crippen LogP) is 5.88. The fourth-order valence-corrected chi connectivity index (χ4v) is 10.6. The molecule has 0 heterocycles. The minimum Gasteiger partial charge on any atom is -0.468 e. The minimum atomic E-state index is -1.90. The monoisotopic (exact) mass is 366 g/mol. The molecule has 0 radical (unpaired) electrons. The number of hydrogen-bond donors (Lipinski definition) is 0. The second kappa shape index (κ2) is 8.68. The van der Waals surface area contributed by atoms with Gasteiger partial charge in [-0.15, -0.1) is 6.58 Å². The highest BCUT2D eigenvalue weighted by atomic mass is 28.4. The van der Waals surface area contributed by atoms with E-state index in [0.29, 0.717) is 29.7 Å². The summed E-state index contributed by atoms with van der Waals surface area (Å²) < 4.78 is 11.8. The van der Waals surface area contributed by atoms with Crippen molar-refractivity contribution in [1.29, 1.82) is 0 Å². The summed E-state index contributed by atoms with van der Waals surface area (Å²) in [6, 6.07) is 0. The van der Waals surface area contributed by atoms with E-state index in [2.05, 4.69) is 54.7 Å². The van der Waals surface area contributed by atoms with Crippen LogP contribution in [0.4, 0.5) is 0 Å². The van der Waals surface area contributed by atoms with Gasteiger partial charge in [-0.25, -0.2) is 0 Å². The Balaban J connectivity index is 2.99. The van der Waals surface area contributed by atoms with E-state index in [0.717, 1.165) is 18.4 Å². The lowest BCUT2D eigenvalue weighted by Gasteiger charge is -2.43. The second-order valence-electron chi connectivity index (χ2n) is 8.46. The summed E-state index contributed by atoms with van der Waals surface area (Å²) in [4.78, 5) is 12.4. The first kappa shape index (κ1) is 22.2. The fourth-order valence-electron chi connectivity index (χ4n) is 5.07. The van der Waals surface area contributed by atoms with Crippen molar-refractivity contribution in [2.45, 2.75) is 77.4 Å². The molecule has 3 nitrogen and oxygen atoms in total. The molecule has 0 bridgehead atoms. The molecule has 0 unspecified atom stereocenters. The third-order valence-corrected chi connectivity index (χ3v) is 12.4. The lowest BCUT2D eigenvalue weighted by Crippen LogP contribution is -2.48. The summed E-state index contributed by atoms with van der Waals surface area (Å²) in [7, 11) is -0.446. The highest BCUT2D eigenvalue weighted by molar-refractivity contribution is 6.77. The van der Waals surface area contributed by atoms with Crippen LogP contribution in [0.15, 0.2) is 24.8 Å². The van der Waals surface area contributed by atoms with E-state index in [1.165, 1.54) is 7.11 Å². The number of carbonyl (C=O) groups is 1. The van der Waals surface area contributed by atoms with Gasteiger partial charge in [0.25, 0.3) is 0 Å². The molecule has 0 aliphatic heterocycles. The number of rotatable bonds is 9. The van der Waals surface area contributed by atoms with Gasteiger partial charge in [0, 0.05) is 12.5 Å². The molecule has 2 atom stereocenters. The van der Waals surface area contributed by atoms with Crippen LogP contribution in [0.1, 0.15) is 60.8 Å². The van der Waals surface area contributed by atoms with Crippen molar-refractivity contribution in [3.8, 4) is 0 Å². The summed E-state index contributed by atoms with van der Waals surface area (Å²) in [5, 5.41) is 0. The molecule has 1 saturated carbocycles. The van der Waals surface area contributed by atoms with Crippen molar-refractivity contribution in [3.63, 3.8) is 0 Å². The van der Waals surface area contributed by atoms with Crippen LogP contribution in [0.25, 0.3) is 0 Å². The molecule has 0 aromatic heterocycles. The summed E-state index contributed by atoms with van der Waals surface area (Å²) in [5.41, 5.74) is 2.03. The maximum absolute atomic E-state index is 12.4. The Bertz CT molecular complexity index is 474. The lowest BCUT2D eigenvalue weighted by molar-refractivity contribution is -0.150. The number of hydrogen-bond acceptors (Lipinski definition) is 3. The molecule has 4 heteroatoms. The molecule has 0 amide bonds. The molecule has 0 aromatic rings. The fraction of sp³-hybridized carbons (Fsp3) is 0.762. The summed E-state index contributed by atoms with van der Waals surface area (Å²) in [5.74, 6) is 0.0437. The first-order valence-corrected chi connectivity index (χ1v) is 11.8. The van der Waals surface area contributed by atoms with Gasteiger partial charge in [0.05, 0.1) is 12.5 Å². The van der Waals surface area contributed by atoms with E-state index in [1.54, 1.807) is 6.08 Å². The zero-order valence-corrected chi connectivity index (χ0v) is 18.4. The van der Waals surface area contributed by atoms with E-state index in [4.69, 9.17) is 9.16 Å². The van der Waals surface area contributed by atoms with Crippen LogP contribution in [-0.4, -0.2) is 28.0 Å². The summed E-state index contributed by atoms with van der Waals surface area (Å²) >= 11 is 0. The Kier molecular flexibility index (Phi) is 7.69. The number of allylic oxidation sites excluding steroid dienone is 1. The van der Waals surface area contributed by atoms with Gasteiger partial charge in [0.1, 0.15) is 0 Å². The standard InChI is InChI=1S/C21H38O3Si/c1-10-12-21(20(22)23-9)13-11-19(18(21)8)14-24-25(15(2)3,16(4)5)17(6)7/h10,15-17,19H,1,8,11-14H2,2-7,9H3/t19-,21-/m0/s1. The molecule has 0 saturated heterocycles. The molecule has 0 N–H and O–H groups in total. The molecule has 1 aliphatic carbocycles. The highest BCUT2D eigenvalue weighted by Crippen LogP contribution is 2.50. The molecule has 25 heavy (non-hydrogen) atoms. The van der Waals surface area contributed by atoms with Gasteiger partial charge in [-0.05, 0) is 35.9 Å². The van der Waals surface area contributed by atoms with E-state index < -0.39 is 13.7 Å². The first-order valence-electron chi connectivity index (χ1n) is 9.62. The third kappa shape index (κ3) is 3.95. The predicted molar refractivity (Wildman–Crippen MR) is 108 cm³/mol. The molecule has 1 fully saturated rings. The molecular formula is C21H38O3Si. The van der Waals surface area contributed by atoms with Gasteiger partial charge in [0.2, 0.25) is 0 Å². The quantitative estimate of drug-likeness (QED) is 0.290. The smallest absolute Gasteiger partial charge is 0.316 e. The van der Waals surface area contributed by atoms with Crippen LogP contribution in [-0.2, 0) is 14.0 Å². The zero-order chi connectivity index (χ0) is 19.4. The van der Waals surface area contributed by atoms with Crippen LogP contribution >= 0.6 is 0 Å². The molecule has 1 aliphatic rings. The van der Waals surface area contributed by atoms with Gasteiger partial charge in [-0.1, -0.05) is 59.8 Å². The normalized spacial score (nSPS) is 24.4. The van der Waals surface area contributed by atoms with E-state index >= 15 is 0 Å². The number of carbonyl (C=O) groups excluding carboxylic acids is 1. The molecular weight excluding hydrogens is 328 g/mol. The number of methoxy groups -OCH3 is 1. The zero-order valence-electron chi connectivity index (χ0n) is 17.4. The lowest BCUT2D eigenvalue weighted by atomic mass is 9.78. The Morgan fingerprint density at radius 2 is 1.76 bits per heavy atom. The Hall–Kier alpha value is -0.873. The van der Waals surface area contributed by atoms with Crippen molar-refractivity contribution >= 4 is 14.3 Å². The average molecular weight is 367 g/mol. The van der Waals surface area contributed by atoms with Gasteiger partial charge in [-0.3, -0.25) is 4.79 Å². The molecule has 0 aromatic carbocycles. The van der Waals surface area contributed by atoms with Gasteiger partial charge in [0.15, 0.2) is 8.32 Å². The average Bonchev–Trinajstić information content (AvgIpc) is 2.84. The molecule has 1 rings (SSSR count). The highest BCUT2D eigenvalue weighted by Gasteiger charge is 2.50. The van der Waals surface area contributed by atoms with Crippen LogP contribution < -0.4 is 0 Å². The van der Waals surface area contributed by atoms with Crippen molar-refractivity contribution in [1.82, 2.24) is 0 Å². The van der Waals surface area contributed by atoms with E-state index in [9.17, 15) is 4.79 Å². The third-order valence-electron chi connectivity index (χ3n) is 6.34. The largest absolute Gasteiger partial charge is 0.468 e. The first-order chi connectivity index (χ1) is 11.6. The maximum Gasteiger partial charge on any atom is 0.316 e. The summed E-state index contributed by atoms with van der Waals surface area (Å²) in [6.07, 6.45) is 4.11. The number of esters is 1. The van der Waals surface area contributed by atoms with Crippen LogP contribution in [0.5, 0.6) is 0 Å². The van der Waals surface area contributed by atoms with Gasteiger partial charge >= 0.3 is 5.97 Å². The summed E-state index contributed by atoms with van der Waals surface area (Å²) in [6.45, 7) is 22.6. The van der Waals surface area contributed by atoms with Crippen LogP contribution in [0.3, 0.4) is 0 Å².